The highest BCUT2D eigenvalue weighted by Gasteiger charge is 2.14. The molecule has 0 heterocycles. The number of hydrogen-bond acceptors (Lipinski definition) is 3. The zero-order chi connectivity index (χ0) is 10.0. The van der Waals surface area contributed by atoms with Crippen molar-refractivity contribution in [2.75, 3.05) is 12.8 Å². The average Bonchev–Trinajstić information content (AvgIpc) is 2.07. The minimum atomic E-state index is -0.158. The molecule has 0 aromatic heterocycles. The van der Waals surface area contributed by atoms with Crippen LogP contribution < -0.4 is 10.5 Å². The predicted octanol–water partition coefficient (Wildman–Crippen LogP) is 2.13. The lowest BCUT2D eigenvalue weighted by Crippen LogP contribution is -2.02. The summed E-state index contributed by atoms with van der Waals surface area (Å²) in [5, 5.41) is 0.360. The molecule has 13 heavy (non-hydrogen) atoms. The van der Waals surface area contributed by atoms with E-state index in [-0.39, 0.29) is 5.78 Å². The van der Waals surface area contributed by atoms with E-state index < -0.39 is 0 Å². The summed E-state index contributed by atoms with van der Waals surface area (Å²) in [4.78, 5) is 11.2. The topological polar surface area (TPSA) is 52.3 Å². The number of hydrogen-bond donors (Lipinski definition) is 1. The lowest BCUT2D eigenvalue weighted by molar-refractivity contribution is 0.101. The van der Waals surface area contributed by atoms with Crippen LogP contribution in [0.2, 0.25) is 5.02 Å². The first-order chi connectivity index (χ1) is 6.07. The number of ketones is 1. The Morgan fingerprint density at radius 2 is 2.15 bits per heavy atom. The summed E-state index contributed by atoms with van der Waals surface area (Å²) in [5.74, 6) is 0.189. The monoisotopic (exact) mass is 199 g/mol. The number of ether oxygens (including phenoxy) is 1. The van der Waals surface area contributed by atoms with Gasteiger partial charge in [0.05, 0.1) is 23.4 Å². The van der Waals surface area contributed by atoms with Crippen LogP contribution in [0.5, 0.6) is 5.75 Å². The normalized spacial score (nSPS) is 9.77. The molecule has 0 fully saturated rings. The molecule has 2 N–H and O–H groups in total. The first-order valence-corrected chi connectivity index (χ1v) is 4.08. The Hall–Kier alpha value is -1.22. The van der Waals surface area contributed by atoms with Crippen molar-refractivity contribution in [2.24, 2.45) is 0 Å². The van der Waals surface area contributed by atoms with Crippen molar-refractivity contribution in [3.05, 3.63) is 22.7 Å². The van der Waals surface area contributed by atoms with Crippen molar-refractivity contribution in [3.63, 3.8) is 0 Å². The van der Waals surface area contributed by atoms with Crippen LogP contribution in [0.15, 0.2) is 12.1 Å². The number of halogens is 1. The zero-order valence-corrected chi connectivity index (χ0v) is 8.18. The number of Topliss-reactive ketones (excluding diaryl/α,β-unsaturated/α-hetero) is 1. The molecule has 1 aromatic rings. The van der Waals surface area contributed by atoms with Crippen molar-refractivity contribution in [3.8, 4) is 5.75 Å². The number of carbonyl (C=O) groups is 1. The molecule has 3 nitrogen and oxygen atoms in total. The van der Waals surface area contributed by atoms with Gasteiger partial charge >= 0.3 is 0 Å². The van der Waals surface area contributed by atoms with Crippen molar-refractivity contribution in [1.82, 2.24) is 0 Å². The van der Waals surface area contributed by atoms with Crippen molar-refractivity contribution >= 4 is 23.1 Å². The van der Waals surface area contributed by atoms with E-state index in [4.69, 9.17) is 22.1 Å². The summed E-state index contributed by atoms with van der Waals surface area (Å²) in [6.45, 7) is 1.42. The van der Waals surface area contributed by atoms with E-state index in [0.29, 0.717) is 22.0 Å². The highest BCUT2D eigenvalue weighted by Crippen LogP contribution is 2.32. The van der Waals surface area contributed by atoms with E-state index in [1.165, 1.54) is 14.0 Å². The van der Waals surface area contributed by atoms with Gasteiger partial charge in [0.1, 0.15) is 0 Å². The Labute approximate surface area is 81.4 Å². The van der Waals surface area contributed by atoms with Gasteiger partial charge in [-0.05, 0) is 19.1 Å². The predicted molar refractivity (Wildman–Crippen MR) is 52.4 cm³/mol. The molecular formula is C9H10ClNO2. The summed E-state index contributed by atoms with van der Waals surface area (Å²) in [6, 6.07) is 3.18. The molecule has 0 spiro atoms. The van der Waals surface area contributed by atoms with Crippen molar-refractivity contribution in [1.29, 1.82) is 0 Å². The Morgan fingerprint density at radius 1 is 1.54 bits per heavy atom. The highest BCUT2D eigenvalue weighted by atomic mass is 35.5. The van der Waals surface area contributed by atoms with Gasteiger partial charge in [0.2, 0.25) is 0 Å². The number of nitrogen functional groups attached to an aromatic ring is 1. The molecular weight excluding hydrogens is 190 g/mol. The fourth-order valence-corrected chi connectivity index (χ4v) is 1.40. The highest BCUT2D eigenvalue weighted by molar-refractivity contribution is 6.34. The van der Waals surface area contributed by atoms with Gasteiger partial charge in [-0.3, -0.25) is 4.79 Å². The molecule has 0 aliphatic heterocycles. The Balaban J connectivity index is 3.43. The number of nitrogens with two attached hydrogens (primary N) is 1. The first kappa shape index (κ1) is 9.86. The minimum Gasteiger partial charge on any atom is -0.494 e. The smallest absolute Gasteiger partial charge is 0.165 e. The number of carbonyl (C=O) groups excluding carboxylic acids is 1. The van der Waals surface area contributed by atoms with Crippen LogP contribution in [-0.2, 0) is 0 Å². The van der Waals surface area contributed by atoms with Crippen LogP contribution in [0.1, 0.15) is 17.3 Å². The van der Waals surface area contributed by atoms with E-state index in [2.05, 4.69) is 0 Å². The number of benzene rings is 1. The molecule has 70 valence electrons. The molecule has 1 rings (SSSR count). The minimum absolute atomic E-state index is 0.158. The molecule has 4 heteroatoms. The Morgan fingerprint density at radius 3 is 2.54 bits per heavy atom. The third kappa shape index (κ3) is 1.75. The second kappa shape index (κ2) is 3.66. The fourth-order valence-electron chi connectivity index (χ4n) is 1.12. The molecule has 0 aliphatic carbocycles. The number of anilines is 1. The van der Waals surface area contributed by atoms with Gasteiger partial charge in [0.15, 0.2) is 11.5 Å². The molecule has 0 amide bonds. The van der Waals surface area contributed by atoms with Crippen LogP contribution in [-0.4, -0.2) is 12.9 Å². The van der Waals surface area contributed by atoms with E-state index in [0.717, 1.165) is 0 Å². The maximum absolute atomic E-state index is 11.2. The Kier molecular flexibility index (Phi) is 2.78. The van der Waals surface area contributed by atoms with Crippen molar-refractivity contribution < 1.29 is 9.53 Å². The van der Waals surface area contributed by atoms with Crippen LogP contribution in [0.4, 0.5) is 5.69 Å². The molecule has 0 saturated carbocycles. The third-order valence-corrected chi connectivity index (χ3v) is 2.01. The standard InChI is InChI=1S/C9H10ClNO2/c1-5(12)8-6(10)3-4-7(11)9(8)13-2/h3-4H,11H2,1-2H3. The van der Waals surface area contributed by atoms with Crippen LogP contribution in [0.25, 0.3) is 0 Å². The van der Waals surface area contributed by atoms with E-state index in [1.807, 2.05) is 0 Å². The van der Waals surface area contributed by atoms with Gasteiger partial charge in [0, 0.05) is 0 Å². The molecule has 0 atom stereocenters. The van der Waals surface area contributed by atoms with E-state index in [9.17, 15) is 4.79 Å². The van der Waals surface area contributed by atoms with Gasteiger partial charge in [-0.15, -0.1) is 0 Å². The molecule has 0 radical (unpaired) electrons. The van der Waals surface area contributed by atoms with Gasteiger partial charge in [-0.1, -0.05) is 11.6 Å². The summed E-state index contributed by atoms with van der Waals surface area (Å²) in [7, 11) is 1.45. The molecule has 0 saturated heterocycles. The van der Waals surface area contributed by atoms with Crippen molar-refractivity contribution in [2.45, 2.75) is 6.92 Å². The summed E-state index contributed by atoms with van der Waals surface area (Å²) in [5.41, 5.74) is 6.35. The van der Waals surface area contributed by atoms with Gasteiger partial charge in [0.25, 0.3) is 0 Å². The number of rotatable bonds is 2. The third-order valence-electron chi connectivity index (χ3n) is 1.69. The zero-order valence-electron chi connectivity index (χ0n) is 7.43. The van der Waals surface area contributed by atoms with E-state index >= 15 is 0 Å². The average molecular weight is 200 g/mol. The SMILES string of the molecule is COc1c(N)ccc(Cl)c1C(C)=O. The van der Waals surface area contributed by atoms with Gasteiger partial charge in [-0.2, -0.15) is 0 Å². The lowest BCUT2D eigenvalue weighted by Gasteiger charge is -2.09. The molecule has 0 aliphatic rings. The van der Waals surface area contributed by atoms with Crippen LogP contribution in [0, 0.1) is 0 Å². The summed E-state index contributed by atoms with van der Waals surface area (Å²) >= 11 is 5.82. The van der Waals surface area contributed by atoms with Crippen LogP contribution >= 0.6 is 11.6 Å². The maximum atomic E-state index is 11.2. The molecule has 1 aromatic carbocycles. The summed E-state index contributed by atoms with van der Waals surface area (Å²) < 4.78 is 4.99. The first-order valence-electron chi connectivity index (χ1n) is 3.70. The molecule has 0 bridgehead atoms. The van der Waals surface area contributed by atoms with Gasteiger partial charge in [-0.25, -0.2) is 0 Å². The molecule has 0 unspecified atom stereocenters. The quantitative estimate of drug-likeness (QED) is 0.587. The van der Waals surface area contributed by atoms with E-state index in [1.54, 1.807) is 12.1 Å². The maximum Gasteiger partial charge on any atom is 0.165 e. The van der Waals surface area contributed by atoms with Crippen LogP contribution in [0.3, 0.4) is 0 Å². The second-order valence-corrected chi connectivity index (χ2v) is 3.01. The second-order valence-electron chi connectivity index (χ2n) is 2.60. The lowest BCUT2D eigenvalue weighted by atomic mass is 10.1. The Bertz CT molecular complexity index is 350. The summed E-state index contributed by atoms with van der Waals surface area (Å²) in [6.07, 6.45) is 0. The fraction of sp³-hybridized carbons (Fsp3) is 0.222. The largest absolute Gasteiger partial charge is 0.494 e. The number of methoxy groups -OCH3 is 1. The van der Waals surface area contributed by atoms with Gasteiger partial charge < -0.3 is 10.5 Å².